The molecule has 1 aliphatic heterocycles. The maximum Gasteiger partial charge on any atom is 0.369 e. The van der Waals surface area contributed by atoms with Gasteiger partial charge in [0.25, 0.3) is 0 Å². The van der Waals surface area contributed by atoms with Crippen LogP contribution in [-0.4, -0.2) is 6.92 Å². The summed E-state index contributed by atoms with van der Waals surface area (Å²) in [6, 6.07) is 24.9. The van der Waals surface area contributed by atoms with E-state index in [9.17, 15) is 0 Å². The van der Waals surface area contributed by atoms with Gasteiger partial charge >= 0.3 is 6.92 Å². The van der Waals surface area contributed by atoms with Crippen LogP contribution in [0.1, 0.15) is 81.3 Å². The third-order valence-electron chi connectivity index (χ3n) is 9.76. The Labute approximate surface area is 223 Å². The molecule has 0 unspecified atom stereocenters. The van der Waals surface area contributed by atoms with Crippen LogP contribution in [0.25, 0.3) is 5.57 Å². The molecular weight excluding hydrogens is 447 g/mol. The molecule has 0 bridgehead atoms. The van der Waals surface area contributed by atoms with Crippen molar-refractivity contribution in [3.63, 3.8) is 0 Å². The van der Waals surface area contributed by atoms with Crippen LogP contribution in [-0.2, 0) is 11.8 Å². The van der Waals surface area contributed by atoms with Crippen molar-refractivity contribution in [2.75, 3.05) is 0 Å². The molecule has 37 heavy (non-hydrogen) atoms. The molecule has 0 N–H and O–H groups in total. The third-order valence-corrected chi connectivity index (χ3v) is 9.76. The Morgan fingerprint density at radius 1 is 0.811 bits per heavy atom. The summed E-state index contributed by atoms with van der Waals surface area (Å²) in [5.41, 5.74) is 10.7. The molecule has 0 saturated carbocycles. The van der Waals surface area contributed by atoms with Crippen LogP contribution in [0.2, 0.25) is 10.6 Å². The molecule has 1 nitrogen and oxygen atoms in total. The number of hydrogen-bond donors (Lipinski definition) is 0. The molecule has 1 spiro atoms. The van der Waals surface area contributed by atoms with E-state index in [1.54, 1.807) is 0 Å². The Hall–Kier alpha value is -3.26. The second-order valence-electron chi connectivity index (χ2n) is 12.1. The molecular formula is C35H37BO. The van der Waals surface area contributed by atoms with Gasteiger partial charge in [-0.25, -0.2) is 0 Å². The quantitative estimate of drug-likeness (QED) is 0.259. The smallest absolute Gasteiger partial charge is 0.369 e. The lowest BCUT2D eigenvalue weighted by Crippen LogP contribution is -2.34. The molecule has 6 rings (SSSR count). The van der Waals surface area contributed by atoms with Gasteiger partial charge in [0.1, 0.15) is 0 Å². The zero-order valence-electron chi connectivity index (χ0n) is 23.1. The standard InChI is InChI=1S/C35H37BO/c1-7-8-9-10-17-28-24(2)35(30-18-13-11-15-25(30)22-26-16-12-14-19-31(26)35)32-23-27(20-21-29(28)32)37-36-33(3,4)34(36,5)6/h8-21,23H,7,22H2,1-6H3/b9-8-,17-10-. The highest BCUT2D eigenvalue weighted by Gasteiger charge is 2.72. The third kappa shape index (κ3) is 3.31. The minimum Gasteiger partial charge on any atom is -0.560 e. The summed E-state index contributed by atoms with van der Waals surface area (Å²) in [5.74, 6) is 0.978. The monoisotopic (exact) mass is 484 g/mol. The first-order chi connectivity index (χ1) is 17.7. The van der Waals surface area contributed by atoms with Gasteiger partial charge in [0.15, 0.2) is 0 Å². The van der Waals surface area contributed by atoms with Crippen LogP contribution in [0.4, 0.5) is 0 Å². The molecule has 1 heterocycles. The van der Waals surface area contributed by atoms with Gasteiger partial charge in [-0.1, -0.05) is 114 Å². The Balaban J connectivity index is 1.60. The van der Waals surface area contributed by atoms with Crippen LogP contribution >= 0.6 is 0 Å². The molecule has 186 valence electrons. The number of hydrogen-bond acceptors (Lipinski definition) is 1. The first kappa shape index (κ1) is 24.1. The predicted octanol–water partition coefficient (Wildman–Crippen LogP) is 9.18. The van der Waals surface area contributed by atoms with Gasteiger partial charge in [0.2, 0.25) is 0 Å². The highest BCUT2D eigenvalue weighted by molar-refractivity contribution is 6.73. The van der Waals surface area contributed by atoms with Crippen molar-refractivity contribution in [2.24, 2.45) is 0 Å². The van der Waals surface area contributed by atoms with Gasteiger partial charge in [-0.05, 0) is 87.1 Å². The normalized spacial score (nSPS) is 19.9. The topological polar surface area (TPSA) is 9.23 Å². The highest BCUT2D eigenvalue weighted by atomic mass is 16.4. The Kier molecular flexibility index (Phi) is 5.46. The molecule has 3 aromatic rings. The van der Waals surface area contributed by atoms with Gasteiger partial charge < -0.3 is 4.65 Å². The fraction of sp³-hybridized carbons (Fsp3) is 0.314. The summed E-state index contributed by atoms with van der Waals surface area (Å²) in [4.78, 5) is 0. The van der Waals surface area contributed by atoms with E-state index in [1.165, 1.54) is 44.5 Å². The number of rotatable bonds is 5. The average molecular weight is 484 g/mol. The summed E-state index contributed by atoms with van der Waals surface area (Å²) < 4.78 is 6.73. The van der Waals surface area contributed by atoms with Gasteiger partial charge in [-0.2, -0.15) is 0 Å². The molecule has 2 heteroatoms. The minimum absolute atomic E-state index is 0.168. The van der Waals surface area contributed by atoms with Crippen molar-refractivity contribution in [1.29, 1.82) is 0 Å². The Morgan fingerprint density at radius 3 is 2.03 bits per heavy atom. The van der Waals surface area contributed by atoms with Crippen molar-refractivity contribution in [3.8, 4) is 5.75 Å². The Bertz CT molecular complexity index is 1420. The largest absolute Gasteiger partial charge is 0.560 e. The van der Waals surface area contributed by atoms with Crippen molar-refractivity contribution >= 4 is 12.5 Å². The molecule has 1 fully saturated rings. The van der Waals surface area contributed by atoms with E-state index in [0.29, 0.717) is 0 Å². The summed E-state index contributed by atoms with van der Waals surface area (Å²) in [6.45, 7) is 14.0. The molecule has 1 saturated heterocycles. The number of fused-ring (bicyclic) bond motifs is 6. The van der Waals surface area contributed by atoms with Gasteiger partial charge in [0, 0.05) is 0 Å². The van der Waals surface area contributed by atoms with E-state index in [1.807, 2.05) is 0 Å². The van der Waals surface area contributed by atoms with Crippen LogP contribution in [0.15, 0.2) is 96.6 Å². The van der Waals surface area contributed by atoms with E-state index < -0.39 is 0 Å². The SMILES string of the molecule is CC/C=C\C=C/C1=C(C)C2(c3ccccc3Cc3ccccc32)c2cc(OB3C(C)(C)C3(C)C)ccc21. The van der Waals surface area contributed by atoms with Gasteiger partial charge in [0.05, 0.1) is 11.2 Å². The fourth-order valence-corrected chi connectivity index (χ4v) is 7.02. The molecule has 3 aromatic carbocycles. The second-order valence-corrected chi connectivity index (χ2v) is 12.1. The zero-order valence-corrected chi connectivity index (χ0v) is 23.1. The van der Waals surface area contributed by atoms with Crippen LogP contribution in [0.5, 0.6) is 5.75 Å². The predicted molar refractivity (Wildman–Crippen MR) is 158 cm³/mol. The molecule has 0 amide bonds. The summed E-state index contributed by atoms with van der Waals surface area (Å²) in [5, 5.41) is 0.336. The number of allylic oxidation sites excluding steroid dienone is 6. The van der Waals surface area contributed by atoms with Crippen LogP contribution in [0, 0.1) is 0 Å². The van der Waals surface area contributed by atoms with E-state index >= 15 is 0 Å². The lowest BCUT2D eigenvalue weighted by atomic mass is 9.61. The van der Waals surface area contributed by atoms with E-state index in [0.717, 1.165) is 18.6 Å². The van der Waals surface area contributed by atoms with Crippen LogP contribution < -0.4 is 4.65 Å². The lowest BCUT2D eigenvalue weighted by molar-refractivity contribution is 0.576. The molecule has 2 aliphatic carbocycles. The first-order valence-electron chi connectivity index (χ1n) is 13.8. The lowest BCUT2D eigenvalue weighted by Gasteiger charge is -2.41. The minimum atomic E-state index is -0.317. The van der Waals surface area contributed by atoms with E-state index in [-0.39, 0.29) is 23.0 Å². The Morgan fingerprint density at radius 2 is 1.43 bits per heavy atom. The molecule has 3 aliphatic rings. The second kappa shape index (κ2) is 8.38. The number of benzene rings is 3. The van der Waals surface area contributed by atoms with Gasteiger partial charge in [-0.3, -0.25) is 0 Å². The summed E-state index contributed by atoms with van der Waals surface area (Å²) in [7, 11) is 0. The van der Waals surface area contributed by atoms with Crippen LogP contribution in [0.3, 0.4) is 0 Å². The maximum atomic E-state index is 6.73. The van der Waals surface area contributed by atoms with E-state index in [4.69, 9.17) is 4.65 Å². The molecule has 0 atom stereocenters. The highest BCUT2D eigenvalue weighted by Crippen LogP contribution is 2.73. The van der Waals surface area contributed by atoms with Crippen molar-refractivity contribution in [1.82, 2.24) is 0 Å². The zero-order chi connectivity index (χ0) is 26.0. The fourth-order valence-electron chi connectivity index (χ4n) is 7.02. The average Bonchev–Trinajstić information content (AvgIpc) is 3.15. The van der Waals surface area contributed by atoms with Crippen molar-refractivity contribution in [3.05, 3.63) is 130 Å². The first-order valence-corrected chi connectivity index (χ1v) is 13.8. The summed E-state index contributed by atoms with van der Waals surface area (Å²) >= 11 is 0. The molecule has 0 aromatic heterocycles. The van der Waals surface area contributed by atoms with Crippen molar-refractivity contribution in [2.45, 2.75) is 70.4 Å². The summed E-state index contributed by atoms with van der Waals surface area (Å²) in [6.07, 6.45) is 10.9. The van der Waals surface area contributed by atoms with Crippen molar-refractivity contribution < 1.29 is 4.65 Å². The van der Waals surface area contributed by atoms with Gasteiger partial charge in [-0.15, -0.1) is 0 Å². The maximum absolute atomic E-state index is 6.73. The molecule has 0 radical (unpaired) electrons. The van der Waals surface area contributed by atoms with E-state index in [2.05, 4.69) is 133 Å².